The largest absolute Gasteiger partial charge is 0.383 e. The Kier molecular flexibility index (Phi) is 7.60. The van der Waals surface area contributed by atoms with Crippen molar-refractivity contribution in [3.8, 4) is 11.3 Å². The number of hydrogen-bond acceptors (Lipinski definition) is 7. The molecule has 1 N–H and O–H groups in total. The van der Waals surface area contributed by atoms with Crippen molar-refractivity contribution in [3.63, 3.8) is 0 Å². The summed E-state index contributed by atoms with van der Waals surface area (Å²) in [5.74, 6) is 0. The van der Waals surface area contributed by atoms with E-state index in [0.29, 0.717) is 0 Å². The molecule has 2 saturated heterocycles. The zero-order chi connectivity index (χ0) is 25.1. The number of rotatable bonds is 7. The minimum absolute atomic E-state index is 0.898. The van der Waals surface area contributed by atoms with Gasteiger partial charge in [-0.25, -0.2) is 4.98 Å². The number of likely N-dealkylation sites (N-methyl/N-ethyl adjacent to an activating group) is 3. The summed E-state index contributed by atoms with van der Waals surface area (Å²) in [5.41, 5.74) is 7.11. The van der Waals surface area contributed by atoms with Gasteiger partial charge in [0.2, 0.25) is 0 Å². The number of fused-ring (bicyclic) bond motifs is 1. The maximum Gasteiger partial charge on any atom is 0.0731 e. The summed E-state index contributed by atoms with van der Waals surface area (Å²) >= 11 is 0. The van der Waals surface area contributed by atoms with Gasteiger partial charge < -0.3 is 29.8 Å². The van der Waals surface area contributed by atoms with E-state index in [1.165, 1.54) is 22.3 Å². The highest BCUT2D eigenvalue weighted by molar-refractivity contribution is 5.94. The van der Waals surface area contributed by atoms with Gasteiger partial charge in [-0.15, -0.1) is 0 Å². The highest BCUT2D eigenvalue weighted by atomic mass is 15.3. The van der Waals surface area contributed by atoms with Gasteiger partial charge in [-0.1, -0.05) is 24.3 Å². The first-order valence-electron chi connectivity index (χ1n) is 13.3. The monoisotopic (exact) mass is 487 g/mol. The molecule has 1 aromatic heterocycles. The highest BCUT2D eigenvalue weighted by Crippen LogP contribution is 2.36. The Morgan fingerprint density at radius 2 is 1.42 bits per heavy atom. The summed E-state index contributed by atoms with van der Waals surface area (Å²) in [6, 6.07) is 17.7. The number of aromatic nitrogens is 1. The fourth-order valence-electron chi connectivity index (χ4n) is 5.18. The smallest absolute Gasteiger partial charge is 0.0731 e. The number of para-hydroxylation sites is 1. The molecule has 192 valence electrons. The van der Waals surface area contributed by atoms with Crippen LogP contribution >= 0.6 is 0 Å². The normalized spacial score (nSPS) is 17.8. The predicted octanol–water partition coefficient (Wildman–Crippen LogP) is 3.38. The SMILES string of the molecule is CN(C)CCNc1cc(-c2ccc(N3CCN(C)CC3)c(N3CCN(C)CC3)c2)nc2ccccc12. The number of piperazine rings is 2. The quantitative estimate of drug-likeness (QED) is 0.548. The number of pyridine rings is 1. The zero-order valence-corrected chi connectivity index (χ0v) is 22.4. The molecular weight excluding hydrogens is 446 g/mol. The zero-order valence-electron chi connectivity index (χ0n) is 22.4. The lowest BCUT2D eigenvalue weighted by Crippen LogP contribution is -2.47. The standard InChI is InChI=1S/C29H41N7/c1-32(2)12-11-30-27-22-26(31-25-8-6-5-7-24(25)27)23-9-10-28(35-17-13-33(3)14-18-35)29(21-23)36-19-15-34(4)16-20-36/h5-10,21-22H,11-20H2,1-4H3,(H,30,31). The lowest BCUT2D eigenvalue weighted by Gasteiger charge is -2.40. The number of nitrogens with one attached hydrogen (secondary N) is 1. The summed E-state index contributed by atoms with van der Waals surface area (Å²) in [6.45, 7) is 10.6. The third kappa shape index (κ3) is 5.59. The summed E-state index contributed by atoms with van der Waals surface area (Å²) in [5, 5.41) is 4.84. The third-order valence-electron chi connectivity index (χ3n) is 7.55. The summed E-state index contributed by atoms with van der Waals surface area (Å²) in [4.78, 5) is 17.3. The molecule has 36 heavy (non-hydrogen) atoms. The number of benzene rings is 2. The first kappa shape index (κ1) is 24.8. The number of hydrogen-bond donors (Lipinski definition) is 1. The second-order valence-electron chi connectivity index (χ2n) is 10.6. The van der Waals surface area contributed by atoms with Crippen LogP contribution in [0.1, 0.15) is 0 Å². The van der Waals surface area contributed by atoms with Gasteiger partial charge in [0.1, 0.15) is 0 Å². The Morgan fingerprint density at radius 1 is 0.778 bits per heavy atom. The molecule has 3 heterocycles. The van der Waals surface area contributed by atoms with Gasteiger partial charge in [-0.05, 0) is 52.5 Å². The summed E-state index contributed by atoms with van der Waals surface area (Å²) in [6.07, 6.45) is 0. The van der Waals surface area contributed by atoms with E-state index in [4.69, 9.17) is 4.98 Å². The first-order chi connectivity index (χ1) is 17.5. The van der Waals surface area contributed by atoms with Crippen molar-refractivity contribution in [2.75, 3.05) is 109 Å². The molecule has 2 aliphatic heterocycles. The number of anilines is 3. The van der Waals surface area contributed by atoms with Crippen LogP contribution in [0.2, 0.25) is 0 Å². The maximum absolute atomic E-state index is 5.10. The van der Waals surface area contributed by atoms with E-state index < -0.39 is 0 Å². The summed E-state index contributed by atoms with van der Waals surface area (Å²) in [7, 11) is 8.66. The van der Waals surface area contributed by atoms with Crippen molar-refractivity contribution in [2.45, 2.75) is 0 Å². The van der Waals surface area contributed by atoms with Crippen LogP contribution in [-0.2, 0) is 0 Å². The van der Waals surface area contributed by atoms with Gasteiger partial charge in [-0.3, -0.25) is 0 Å². The number of nitrogens with zero attached hydrogens (tertiary/aromatic N) is 6. The Balaban J connectivity index is 1.52. The van der Waals surface area contributed by atoms with Crippen molar-refractivity contribution < 1.29 is 0 Å². The molecule has 3 aromatic rings. The van der Waals surface area contributed by atoms with E-state index >= 15 is 0 Å². The van der Waals surface area contributed by atoms with Gasteiger partial charge >= 0.3 is 0 Å². The fraction of sp³-hybridized carbons (Fsp3) is 0.483. The molecule has 2 aromatic carbocycles. The molecule has 7 nitrogen and oxygen atoms in total. The average Bonchev–Trinajstić information content (AvgIpc) is 2.89. The average molecular weight is 488 g/mol. The van der Waals surface area contributed by atoms with Gasteiger partial charge in [0, 0.05) is 82.1 Å². The van der Waals surface area contributed by atoms with Crippen molar-refractivity contribution in [3.05, 3.63) is 48.5 Å². The summed E-state index contributed by atoms with van der Waals surface area (Å²) < 4.78 is 0. The van der Waals surface area contributed by atoms with Crippen LogP contribution in [0.25, 0.3) is 22.2 Å². The predicted molar refractivity (Wildman–Crippen MR) is 154 cm³/mol. The van der Waals surface area contributed by atoms with Crippen LogP contribution in [0.4, 0.5) is 17.1 Å². The van der Waals surface area contributed by atoms with Gasteiger partial charge in [-0.2, -0.15) is 0 Å². The third-order valence-corrected chi connectivity index (χ3v) is 7.55. The minimum atomic E-state index is 0.898. The van der Waals surface area contributed by atoms with E-state index in [-0.39, 0.29) is 0 Å². The second-order valence-corrected chi connectivity index (χ2v) is 10.6. The highest BCUT2D eigenvalue weighted by Gasteiger charge is 2.23. The molecule has 0 aliphatic carbocycles. The van der Waals surface area contributed by atoms with Crippen LogP contribution in [-0.4, -0.2) is 113 Å². The molecule has 0 atom stereocenters. The fourth-order valence-corrected chi connectivity index (χ4v) is 5.18. The molecule has 0 radical (unpaired) electrons. The molecular formula is C29H41N7. The molecule has 0 saturated carbocycles. The van der Waals surface area contributed by atoms with Crippen LogP contribution in [0.5, 0.6) is 0 Å². The molecule has 0 bridgehead atoms. The molecule has 0 spiro atoms. The van der Waals surface area contributed by atoms with Crippen molar-refractivity contribution in [1.82, 2.24) is 19.7 Å². The molecule has 0 amide bonds. The van der Waals surface area contributed by atoms with Crippen molar-refractivity contribution in [2.24, 2.45) is 0 Å². The second kappa shape index (κ2) is 11.0. The van der Waals surface area contributed by atoms with E-state index in [1.54, 1.807) is 0 Å². The van der Waals surface area contributed by atoms with E-state index in [0.717, 1.165) is 82.3 Å². The molecule has 2 fully saturated rings. The Hall–Kier alpha value is -2.87. The van der Waals surface area contributed by atoms with Gasteiger partial charge in [0.15, 0.2) is 0 Å². The minimum Gasteiger partial charge on any atom is -0.383 e. The van der Waals surface area contributed by atoms with Crippen LogP contribution in [0.3, 0.4) is 0 Å². The molecule has 5 rings (SSSR count). The molecule has 2 aliphatic rings. The Labute approximate surface area is 216 Å². The van der Waals surface area contributed by atoms with Crippen LogP contribution in [0.15, 0.2) is 48.5 Å². The first-order valence-corrected chi connectivity index (χ1v) is 13.3. The topological polar surface area (TPSA) is 41.1 Å². The Bertz CT molecular complexity index is 1160. The van der Waals surface area contributed by atoms with Gasteiger partial charge in [0.25, 0.3) is 0 Å². The maximum atomic E-state index is 5.10. The van der Waals surface area contributed by atoms with Crippen molar-refractivity contribution in [1.29, 1.82) is 0 Å². The molecule has 0 unspecified atom stereocenters. The lowest BCUT2D eigenvalue weighted by atomic mass is 10.0. The van der Waals surface area contributed by atoms with Crippen LogP contribution < -0.4 is 15.1 Å². The Morgan fingerprint density at radius 3 is 2.08 bits per heavy atom. The van der Waals surface area contributed by atoms with Crippen LogP contribution in [0, 0.1) is 0 Å². The molecule has 7 heteroatoms. The lowest BCUT2D eigenvalue weighted by molar-refractivity contribution is 0.309. The van der Waals surface area contributed by atoms with Crippen molar-refractivity contribution >= 4 is 28.0 Å². The van der Waals surface area contributed by atoms with E-state index in [9.17, 15) is 0 Å². The van der Waals surface area contributed by atoms with Gasteiger partial charge in [0.05, 0.1) is 22.6 Å². The van der Waals surface area contributed by atoms with E-state index in [1.807, 2.05) is 0 Å². The van der Waals surface area contributed by atoms with E-state index in [2.05, 4.69) is 107 Å².